The number of anilines is 3. The number of hydrogen-bond acceptors (Lipinski definition) is 3. The van der Waals surface area contributed by atoms with Gasteiger partial charge in [-0.25, -0.2) is 0 Å². The number of benzene rings is 8. The van der Waals surface area contributed by atoms with Crippen LogP contribution in [0.5, 0.6) is 0 Å². The summed E-state index contributed by atoms with van der Waals surface area (Å²) in [7, 11) is 0. The molecule has 0 fully saturated rings. The zero-order valence-corrected chi connectivity index (χ0v) is 27.3. The van der Waals surface area contributed by atoms with Gasteiger partial charge >= 0.3 is 0 Å². The molecule has 2 heterocycles. The molecule has 0 aliphatic heterocycles. The van der Waals surface area contributed by atoms with Crippen molar-refractivity contribution in [3.8, 4) is 22.3 Å². The van der Waals surface area contributed by atoms with Gasteiger partial charge in [-0.15, -0.1) is 11.3 Å². The van der Waals surface area contributed by atoms with Gasteiger partial charge in [-0.05, 0) is 87.6 Å². The number of rotatable bonds is 5. The van der Waals surface area contributed by atoms with Crippen molar-refractivity contribution in [3.63, 3.8) is 0 Å². The molecule has 3 heteroatoms. The van der Waals surface area contributed by atoms with Crippen LogP contribution >= 0.6 is 11.3 Å². The lowest BCUT2D eigenvalue weighted by molar-refractivity contribution is 0.669. The molecule has 0 aliphatic rings. The number of furan rings is 1. The molecule has 0 saturated heterocycles. The number of thiophene rings is 1. The molecule has 0 aliphatic carbocycles. The first kappa shape index (κ1) is 27.9. The molecular weight excluding hydrogens is 615 g/mol. The van der Waals surface area contributed by atoms with Crippen molar-refractivity contribution in [2.75, 3.05) is 4.90 Å². The highest BCUT2D eigenvalue weighted by atomic mass is 32.1. The molecule has 8 aromatic carbocycles. The highest BCUT2D eigenvalue weighted by Crippen LogP contribution is 2.44. The average Bonchev–Trinajstić information content (AvgIpc) is 3.75. The van der Waals surface area contributed by atoms with Crippen LogP contribution < -0.4 is 4.90 Å². The van der Waals surface area contributed by atoms with Crippen molar-refractivity contribution >= 4 is 81.3 Å². The zero-order chi connectivity index (χ0) is 32.3. The van der Waals surface area contributed by atoms with Crippen molar-refractivity contribution in [2.45, 2.75) is 0 Å². The fourth-order valence-corrected chi connectivity index (χ4v) is 8.54. The summed E-state index contributed by atoms with van der Waals surface area (Å²) in [6.07, 6.45) is 0. The second kappa shape index (κ2) is 11.2. The first-order valence-electron chi connectivity index (χ1n) is 16.6. The van der Waals surface area contributed by atoms with Crippen molar-refractivity contribution in [3.05, 3.63) is 176 Å². The molecular formula is C46H29NOS. The van der Waals surface area contributed by atoms with E-state index in [4.69, 9.17) is 4.42 Å². The van der Waals surface area contributed by atoms with E-state index in [9.17, 15) is 0 Å². The van der Waals surface area contributed by atoms with Crippen LogP contribution in [-0.4, -0.2) is 0 Å². The SMILES string of the molecule is c1ccc(-c2ccc(N(c3ccc(-c4ccc5c(ccc6c7ccccc7sc56)c4)cc3)c3cccc4oc5ccccc5c34)cc2)cc1. The van der Waals surface area contributed by atoms with Crippen molar-refractivity contribution in [1.82, 2.24) is 0 Å². The van der Waals surface area contributed by atoms with Gasteiger partial charge in [0.1, 0.15) is 11.2 Å². The molecule has 0 bridgehead atoms. The van der Waals surface area contributed by atoms with Gasteiger partial charge < -0.3 is 9.32 Å². The Labute approximate surface area is 287 Å². The normalized spacial score (nSPS) is 11.7. The Morgan fingerprint density at radius 1 is 0.408 bits per heavy atom. The molecule has 0 N–H and O–H groups in total. The molecule has 230 valence electrons. The fourth-order valence-electron chi connectivity index (χ4n) is 7.30. The Balaban J connectivity index is 1.08. The highest BCUT2D eigenvalue weighted by Gasteiger charge is 2.19. The third-order valence-corrected chi connectivity index (χ3v) is 10.9. The summed E-state index contributed by atoms with van der Waals surface area (Å²) in [5.41, 5.74) is 9.82. The van der Waals surface area contributed by atoms with Crippen molar-refractivity contribution in [1.29, 1.82) is 0 Å². The topological polar surface area (TPSA) is 16.4 Å². The van der Waals surface area contributed by atoms with Crippen LogP contribution in [0.25, 0.3) is 75.1 Å². The Bertz CT molecular complexity index is 2810. The second-order valence-electron chi connectivity index (χ2n) is 12.5. The Kier molecular flexibility index (Phi) is 6.39. The lowest BCUT2D eigenvalue weighted by Gasteiger charge is -2.26. The molecule has 49 heavy (non-hydrogen) atoms. The van der Waals surface area contributed by atoms with E-state index < -0.39 is 0 Å². The van der Waals surface area contributed by atoms with Crippen molar-refractivity contribution in [2.24, 2.45) is 0 Å². The minimum Gasteiger partial charge on any atom is -0.456 e. The highest BCUT2D eigenvalue weighted by molar-refractivity contribution is 7.26. The van der Waals surface area contributed by atoms with E-state index in [0.29, 0.717) is 0 Å². The summed E-state index contributed by atoms with van der Waals surface area (Å²) >= 11 is 1.88. The molecule has 0 amide bonds. The fraction of sp³-hybridized carbons (Fsp3) is 0. The van der Waals surface area contributed by atoms with E-state index >= 15 is 0 Å². The molecule has 0 spiro atoms. The van der Waals surface area contributed by atoms with Crippen LogP contribution in [0.1, 0.15) is 0 Å². The van der Waals surface area contributed by atoms with Gasteiger partial charge in [0, 0.05) is 36.9 Å². The van der Waals surface area contributed by atoms with Crippen LogP contribution in [0, 0.1) is 0 Å². The smallest absolute Gasteiger partial charge is 0.137 e. The third-order valence-electron chi connectivity index (χ3n) is 9.67. The van der Waals surface area contributed by atoms with Gasteiger partial charge in [-0.3, -0.25) is 0 Å². The number of para-hydroxylation sites is 1. The minimum absolute atomic E-state index is 0.880. The summed E-state index contributed by atoms with van der Waals surface area (Å²) in [4.78, 5) is 2.35. The summed E-state index contributed by atoms with van der Waals surface area (Å²) in [6.45, 7) is 0. The molecule has 0 unspecified atom stereocenters. The molecule has 2 nitrogen and oxygen atoms in total. The quantitative estimate of drug-likeness (QED) is 0.186. The molecule has 0 radical (unpaired) electrons. The van der Waals surface area contributed by atoms with Crippen LogP contribution in [0.2, 0.25) is 0 Å². The Hall–Kier alpha value is -6.16. The average molecular weight is 644 g/mol. The Morgan fingerprint density at radius 2 is 1.02 bits per heavy atom. The molecule has 2 aromatic heterocycles. The van der Waals surface area contributed by atoms with Gasteiger partial charge in [0.25, 0.3) is 0 Å². The van der Waals surface area contributed by atoms with E-state index in [1.807, 2.05) is 23.5 Å². The van der Waals surface area contributed by atoms with Gasteiger partial charge in [-0.2, -0.15) is 0 Å². The summed E-state index contributed by atoms with van der Waals surface area (Å²) in [5, 5.41) is 7.46. The maximum absolute atomic E-state index is 6.32. The van der Waals surface area contributed by atoms with E-state index in [0.717, 1.165) is 39.0 Å². The first-order valence-corrected chi connectivity index (χ1v) is 17.4. The Morgan fingerprint density at radius 3 is 1.82 bits per heavy atom. The minimum atomic E-state index is 0.880. The summed E-state index contributed by atoms with van der Waals surface area (Å²) in [6, 6.07) is 63.1. The summed E-state index contributed by atoms with van der Waals surface area (Å²) < 4.78 is 9.01. The number of fused-ring (bicyclic) bond motifs is 8. The monoisotopic (exact) mass is 643 g/mol. The molecule has 10 rings (SSSR count). The van der Waals surface area contributed by atoms with E-state index in [1.165, 1.54) is 53.2 Å². The molecule has 0 atom stereocenters. The summed E-state index contributed by atoms with van der Waals surface area (Å²) in [5.74, 6) is 0. The maximum atomic E-state index is 6.32. The van der Waals surface area contributed by atoms with Gasteiger partial charge in [-0.1, -0.05) is 121 Å². The van der Waals surface area contributed by atoms with Gasteiger partial charge in [0.2, 0.25) is 0 Å². The third kappa shape index (κ3) is 4.62. The van der Waals surface area contributed by atoms with Gasteiger partial charge in [0.15, 0.2) is 0 Å². The predicted molar refractivity (Wildman–Crippen MR) is 210 cm³/mol. The van der Waals surface area contributed by atoms with Crippen LogP contribution in [0.15, 0.2) is 180 Å². The number of nitrogens with zero attached hydrogens (tertiary/aromatic N) is 1. The largest absolute Gasteiger partial charge is 0.456 e. The molecule has 10 aromatic rings. The van der Waals surface area contributed by atoms with Crippen LogP contribution in [0.3, 0.4) is 0 Å². The van der Waals surface area contributed by atoms with Crippen molar-refractivity contribution < 1.29 is 4.42 Å². The van der Waals surface area contributed by atoms with Gasteiger partial charge in [0.05, 0.1) is 11.1 Å². The maximum Gasteiger partial charge on any atom is 0.137 e. The predicted octanol–water partition coefficient (Wildman–Crippen LogP) is 13.9. The van der Waals surface area contributed by atoms with E-state index in [-0.39, 0.29) is 0 Å². The zero-order valence-electron chi connectivity index (χ0n) is 26.5. The lowest BCUT2D eigenvalue weighted by Crippen LogP contribution is -2.10. The van der Waals surface area contributed by atoms with Crippen LogP contribution in [0.4, 0.5) is 17.1 Å². The van der Waals surface area contributed by atoms with E-state index in [2.05, 4.69) is 169 Å². The van der Waals surface area contributed by atoms with E-state index in [1.54, 1.807) is 0 Å². The second-order valence-corrected chi connectivity index (χ2v) is 13.6. The number of hydrogen-bond donors (Lipinski definition) is 0. The molecule has 0 saturated carbocycles. The van der Waals surface area contributed by atoms with Crippen LogP contribution in [-0.2, 0) is 0 Å². The first-order chi connectivity index (χ1) is 24.3. The standard InChI is InChI=1S/C46H29NOS/c1-2-9-30(10-3-1)31-17-23-35(24-18-31)47(41-13-8-15-43-45(41)40-12-4-6-14-42(40)48-43)36-25-19-32(20-26-36)33-21-27-37-34(29-33)22-28-39-38-11-5-7-16-44(38)49-46(37)39/h1-29H. The lowest BCUT2D eigenvalue weighted by atomic mass is 9.99.